The molecule has 0 bridgehead atoms. The van der Waals surface area contributed by atoms with Crippen LogP contribution in [0.1, 0.15) is 6.92 Å². The lowest BCUT2D eigenvalue weighted by Crippen LogP contribution is -2.30. The van der Waals surface area contributed by atoms with Gasteiger partial charge in [-0.25, -0.2) is 0 Å². The number of nitrogens with one attached hydrogen (secondary N) is 1. The number of pyridine rings is 1. The summed E-state index contributed by atoms with van der Waals surface area (Å²) in [7, 11) is 0. The summed E-state index contributed by atoms with van der Waals surface area (Å²) < 4.78 is 18.1. The van der Waals surface area contributed by atoms with E-state index >= 15 is 0 Å². The van der Waals surface area contributed by atoms with E-state index in [1.54, 1.807) is 31.3 Å². The van der Waals surface area contributed by atoms with Crippen LogP contribution in [0.4, 0.5) is 5.69 Å². The molecule has 0 saturated heterocycles. The van der Waals surface area contributed by atoms with Crippen molar-refractivity contribution in [2.24, 2.45) is 0 Å². The number of benzene rings is 2. The number of halogens is 2. The molecule has 1 aliphatic rings. The summed E-state index contributed by atoms with van der Waals surface area (Å²) in [6.07, 6.45) is 0.948. The van der Waals surface area contributed by atoms with Crippen LogP contribution in [0.25, 0.3) is 10.9 Å². The molecule has 138 valence electrons. The molecule has 0 radical (unpaired) electrons. The van der Waals surface area contributed by atoms with Crippen molar-refractivity contribution in [2.45, 2.75) is 13.0 Å². The molecule has 1 atom stereocenters. The summed E-state index contributed by atoms with van der Waals surface area (Å²) in [6, 6.07) is 10.9. The number of carbonyl (C=O) groups is 1. The van der Waals surface area contributed by atoms with E-state index in [2.05, 4.69) is 42.2 Å². The molecule has 1 amide bonds. The van der Waals surface area contributed by atoms with Crippen molar-refractivity contribution in [3.63, 3.8) is 0 Å². The second kappa shape index (κ2) is 7.36. The third kappa shape index (κ3) is 3.59. The predicted octanol–water partition coefficient (Wildman–Crippen LogP) is 4.89. The van der Waals surface area contributed by atoms with Gasteiger partial charge in [0.25, 0.3) is 5.91 Å². The normalized spacial score (nSPS) is 13.4. The number of amides is 1. The number of fused-ring (bicyclic) bond motifs is 2. The van der Waals surface area contributed by atoms with E-state index in [-0.39, 0.29) is 12.7 Å². The quantitative estimate of drug-likeness (QED) is 0.560. The molecular weight excluding hydrogens is 480 g/mol. The lowest BCUT2D eigenvalue weighted by molar-refractivity contribution is -0.122. The summed E-state index contributed by atoms with van der Waals surface area (Å²) in [4.78, 5) is 17.0. The number of aromatic nitrogens is 1. The van der Waals surface area contributed by atoms with Crippen molar-refractivity contribution in [2.75, 3.05) is 12.1 Å². The van der Waals surface area contributed by atoms with Crippen LogP contribution in [-0.2, 0) is 4.79 Å². The molecule has 1 aliphatic heterocycles. The lowest BCUT2D eigenvalue weighted by atomic mass is 10.2. The van der Waals surface area contributed by atoms with E-state index in [1.807, 2.05) is 18.2 Å². The van der Waals surface area contributed by atoms with E-state index in [9.17, 15) is 4.79 Å². The molecule has 8 heteroatoms. The first kappa shape index (κ1) is 18.1. The molecule has 2 heterocycles. The van der Waals surface area contributed by atoms with Gasteiger partial charge in [-0.2, -0.15) is 0 Å². The van der Waals surface area contributed by atoms with Crippen LogP contribution in [0.2, 0.25) is 0 Å². The first-order valence-electron chi connectivity index (χ1n) is 8.13. The van der Waals surface area contributed by atoms with E-state index in [4.69, 9.17) is 14.2 Å². The van der Waals surface area contributed by atoms with Crippen molar-refractivity contribution < 1.29 is 19.0 Å². The van der Waals surface area contributed by atoms with Crippen molar-refractivity contribution in [1.29, 1.82) is 0 Å². The predicted molar refractivity (Wildman–Crippen MR) is 108 cm³/mol. The summed E-state index contributed by atoms with van der Waals surface area (Å²) >= 11 is 7.01. The largest absolute Gasteiger partial charge is 0.477 e. The van der Waals surface area contributed by atoms with Crippen LogP contribution >= 0.6 is 31.9 Å². The van der Waals surface area contributed by atoms with Gasteiger partial charge in [0.05, 0.1) is 4.47 Å². The molecule has 1 unspecified atom stereocenters. The zero-order valence-electron chi connectivity index (χ0n) is 14.2. The second-order valence-corrected chi connectivity index (χ2v) is 7.59. The number of nitrogens with zero attached hydrogens (tertiary/aromatic N) is 1. The van der Waals surface area contributed by atoms with Gasteiger partial charge >= 0.3 is 0 Å². The maximum Gasteiger partial charge on any atom is 0.265 e. The molecule has 4 rings (SSSR count). The molecule has 6 nitrogen and oxygen atoms in total. The SMILES string of the molecule is CC(Oc1c(Br)cc(Br)c2cccnc12)C(=O)Nc1ccc2c(c1)OCO2. The zero-order chi connectivity index (χ0) is 19.0. The summed E-state index contributed by atoms with van der Waals surface area (Å²) in [5.74, 6) is 1.50. The van der Waals surface area contributed by atoms with Gasteiger partial charge < -0.3 is 19.5 Å². The highest BCUT2D eigenvalue weighted by molar-refractivity contribution is 9.11. The van der Waals surface area contributed by atoms with Gasteiger partial charge in [-0.3, -0.25) is 9.78 Å². The number of carbonyl (C=O) groups excluding carboxylic acids is 1. The van der Waals surface area contributed by atoms with Crippen LogP contribution in [0.15, 0.2) is 51.5 Å². The Balaban J connectivity index is 1.55. The zero-order valence-corrected chi connectivity index (χ0v) is 17.3. The van der Waals surface area contributed by atoms with Crippen LogP contribution in [0.5, 0.6) is 17.2 Å². The lowest BCUT2D eigenvalue weighted by Gasteiger charge is -2.17. The van der Waals surface area contributed by atoms with Gasteiger partial charge in [0.2, 0.25) is 6.79 Å². The molecule has 0 saturated carbocycles. The number of anilines is 1. The van der Waals surface area contributed by atoms with Crippen molar-refractivity contribution >= 4 is 54.4 Å². The molecule has 27 heavy (non-hydrogen) atoms. The van der Waals surface area contributed by atoms with Gasteiger partial charge in [-0.05, 0) is 47.1 Å². The van der Waals surface area contributed by atoms with Crippen molar-refractivity contribution in [3.8, 4) is 17.2 Å². The average Bonchev–Trinajstić information content (AvgIpc) is 3.12. The molecule has 0 aliphatic carbocycles. The Morgan fingerprint density at radius 1 is 1.19 bits per heavy atom. The monoisotopic (exact) mass is 492 g/mol. The number of hydrogen-bond donors (Lipinski definition) is 1. The Morgan fingerprint density at radius 3 is 2.85 bits per heavy atom. The molecule has 2 aromatic carbocycles. The second-order valence-electron chi connectivity index (χ2n) is 5.89. The van der Waals surface area contributed by atoms with Crippen LogP contribution in [0.3, 0.4) is 0 Å². The summed E-state index contributed by atoms with van der Waals surface area (Å²) in [5, 5.41) is 3.73. The van der Waals surface area contributed by atoms with Gasteiger partial charge in [-0.15, -0.1) is 0 Å². The third-order valence-corrected chi connectivity index (χ3v) is 5.30. The van der Waals surface area contributed by atoms with E-state index in [0.29, 0.717) is 32.9 Å². The van der Waals surface area contributed by atoms with Crippen LogP contribution in [0, 0.1) is 0 Å². The summed E-state index contributed by atoms with van der Waals surface area (Å²) in [5.41, 5.74) is 1.28. The fourth-order valence-electron chi connectivity index (χ4n) is 2.71. The Kier molecular flexibility index (Phi) is 4.92. The first-order valence-corrected chi connectivity index (χ1v) is 9.71. The Morgan fingerprint density at radius 2 is 2.00 bits per heavy atom. The minimum absolute atomic E-state index is 0.184. The topological polar surface area (TPSA) is 69.7 Å². The number of rotatable bonds is 4. The highest BCUT2D eigenvalue weighted by Crippen LogP contribution is 2.38. The van der Waals surface area contributed by atoms with Gasteiger partial charge in [0.1, 0.15) is 5.52 Å². The average molecular weight is 494 g/mol. The fraction of sp³-hybridized carbons (Fsp3) is 0.158. The van der Waals surface area contributed by atoms with Gasteiger partial charge in [0.15, 0.2) is 23.4 Å². The van der Waals surface area contributed by atoms with Crippen LogP contribution < -0.4 is 19.5 Å². The van der Waals surface area contributed by atoms with Crippen molar-refractivity contribution in [3.05, 3.63) is 51.5 Å². The number of ether oxygens (including phenoxy) is 3. The highest BCUT2D eigenvalue weighted by Gasteiger charge is 2.21. The maximum atomic E-state index is 12.6. The molecule has 1 aromatic heterocycles. The van der Waals surface area contributed by atoms with E-state index < -0.39 is 6.10 Å². The summed E-state index contributed by atoms with van der Waals surface area (Å²) in [6.45, 7) is 1.87. The maximum absolute atomic E-state index is 12.6. The van der Waals surface area contributed by atoms with Gasteiger partial charge in [-0.1, -0.05) is 22.0 Å². The minimum atomic E-state index is -0.738. The molecular formula is C19H14Br2N2O4. The standard InChI is InChI=1S/C19H14Br2N2O4/c1-10(19(24)23-11-4-5-15-16(7-11)26-9-25-15)27-18-14(21)8-13(20)12-3-2-6-22-17(12)18/h2-8,10H,9H2,1H3,(H,23,24). The molecule has 1 N–H and O–H groups in total. The Bertz CT molecular complexity index is 1040. The molecule has 0 fully saturated rings. The minimum Gasteiger partial charge on any atom is -0.477 e. The highest BCUT2D eigenvalue weighted by atomic mass is 79.9. The Hall–Kier alpha value is -2.32. The molecule has 0 spiro atoms. The third-order valence-electron chi connectivity index (χ3n) is 4.05. The van der Waals surface area contributed by atoms with Gasteiger partial charge in [0, 0.05) is 27.8 Å². The first-order chi connectivity index (χ1) is 13.0. The fourth-order valence-corrected chi connectivity index (χ4v) is 4.07. The Labute approximate surface area is 172 Å². The van der Waals surface area contributed by atoms with Crippen molar-refractivity contribution in [1.82, 2.24) is 4.98 Å². The number of hydrogen-bond acceptors (Lipinski definition) is 5. The van der Waals surface area contributed by atoms with Crippen LogP contribution in [-0.4, -0.2) is 23.8 Å². The van der Waals surface area contributed by atoms with E-state index in [0.717, 1.165) is 9.86 Å². The smallest absolute Gasteiger partial charge is 0.265 e. The van der Waals surface area contributed by atoms with E-state index in [1.165, 1.54) is 0 Å². The molecule has 3 aromatic rings.